The Morgan fingerprint density at radius 3 is 2.95 bits per heavy atom. The minimum Gasteiger partial charge on any atom is -0.477 e. The standard InChI is InChI=1S/C13H9FN4O2/c1-7-5-8(11(14)16-6-7)10-9(13(19)20)12-15-3-2-4-18(12)17-10/h2-6H,1H3,(H,19,20). The van der Waals surface area contributed by atoms with Gasteiger partial charge in [0.05, 0.1) is 5.56 Å². The van der Waals surface area contributed by atoms with Crippen LogP contribution in [-0.4, -0.2) is 30.7 Å². The molecule has 0 aromatic carbocycles. The Labute approximate surface area is 112 Å². The maximum atomic E-state index is 13.9. The number of carboxylic acids is 1. The van der Waals surface area contributed by atoms with Crippen molar-refractivity contribution in [2.75, 3.05) is 0 Å². The van der Waals surface area contributed by atoms with Crippen LogP contribution in [-0.2, 0) is 0 Å². The molecule has 0 saturated carbocycles. The number of carboxylic acid groups (broad SMARTS) is 1. The van der Waals surface area contributed by atoms with Crippen molar-refractivity contribution in [1.82, 2.24) is 19.6 Å². The predicted octanol–water partition coefficient (Wildman–Crippen LogP) is 1.94. The first-order chi connectivity index (χ1) is 9.58. The Morgan fingerprint density at radius 2 is 2.20 bits per heavy atom. The predicted molar refractivity (Wildman–Crippen MR) is 67.9 cm³/mol. The third-order valence-electron chi connectivity index (χ3n) is 2.84. The van der Waals surface area contributed by atoms with E-state index < -0.39 is 11.9 Å². The zero-order valence-electron chi connectivity index (χ0n) is 10.4. The quantitative estimate of drug-likeness (QED) is 0.721. The Kier molecular flexibility index (Phi) is 2.67. The van der Waals surface area contributed by atoms with E-state index in [4.69, 9.17) is 0 Å². The van der Waals surface area contributed by atoms with E-state index in [2.05, 4.69) is 15.1 Å². The molecule has 0 fully saturated rings. The van der Waals surface area contributed by atoms with Crippen LogP contribution in [0.1, 0.15) is 15.9 Å². The molecule has 0 amide bonds. The average Bonchev–Trinajstić information content (AvgIpc) is 2.80. The summed E-state index contributed by atoms with van der Waals surface area (Å²) in [5.41, 5.74) is 0.799. The molecule has 0 aliphatic rings. The monoisotopic (exact) mass is 272 g/mol. The molecule has 0 radical (unpaired) electrons. The normalized spacial score (nSPS) is 10.9. The Balaban J connectivity index is 2.38. The van der Waals surface area contributed by atoms with Gasteiger partial charge < -0.3 is 5.11 Å². The number of aromatic nitrogens is 4. The summed E-state index contributed by atoms with van der Waals surface area (Å²) in [5.74, 6) is -1.98. The van der Waals surface area contributed by atoms with Gasteiger partial charge in [0.25, 0.3) is 0 Å². The first-order valence-electron chi connectivity index (χ1n) is 5.77. The highest BCUT2D eigenvalue weighted by Gasteiger charge is 2.23. The highest BCUT2D eigenvalue weighted by atomic mass is 19.1. The number of carbonyl (C=O) groups is 1. The minimum absolute atomic E-state index is 0.0184. The van der Waals surface area contributed by atoms with Crippen LogP contribution in [0.25, 0.3) is 16.9 Å². The number of fused-ring (bicyclic) bond motifs is 1. The largest absolute Gasteiger partial charge is 0.477 e. The summed E-state index contributed by atoms with van der Waals surface area (Å²) in [5, 5.41) is 13.4. The van der Waals surface area contributed by atoms with Crippen LogP contribution in [0.5, 0.6) is 0 Å². The van der Waals surface area contributed by atoms with Crippen molar-refractivity contribution in [3.05, 3.63) is 47.8 Å². The number of halogens is 1. The van der Waals surface area contributed by atoms with Crippen LogP contribution in [0.3, 0.4) is 0 Å². The molecule has 0 aliphatic carbocycles. The first kappa shape index (κ1) is 12.2. The summed E-state index contributed by atoms with van der Waals surface area (Å²) in [7, 11) is 0. The zero-order valence-corrected chi connectivity index (χ0v) is 10.4. The van der Waals surface area contributed by atoms with Crippen molar-refractivity contribution in [2.24, 2.45) is 0 Å². The Hall–Kier alpha value is -2.83. The molecule has 100 valence electrons. The second-order valence-corrected chi connectivity index (χ2v) is 4.27. The lowest BCUT2D eigenvalue weighted by molar-refractivity contribution is 0.0699. The van der Waals surface area contributed by atoms with Gasteiger partial charge in [0.15, 0.2) is 5.65 Å². The van der Waals surface area contributed by atoms with Gasteiger partial charge in [-0.2, -0.15) is 9.49 Å². The minimum atomic E-state index is -1.21. The molecule has 20 heavy (non-hydrogen) atoms. The van der Waals surface area contributed by atoms with Gasteiger partial charge in [-0.15, -0.1) is 0 Å². The number of aryl methyl sites for hydroxylation is 1. The molecule has 3 rings (SSSR count). The number of hydrogen-bond donors (Lipinski definition) is 1. The third-order valence-corrected chi connectivity index (χ3v) is 2.84. The molecule has 3 aromatic rings. The van der Waals surface area contributed by atoms with Gasteiger partial charge in [-0.05, 0) is 24.6 Å². The first-order valence-corrected chi connectivity index (χ1v) is 5.77. The van der Waals surface area contributed by atoms with Crippen LogP contribution >= 0.6 is 0 Å². The summed E-state index contributed by atoms with van der Waals surface area (Å²) in [4.78, 5) is 19.0. The topological polar surface area (TPSA) is 80.4 Å². The highest BCUT2D eigenvalue weighted by Crippen LogP contribution is 2.27. The van der Waals surface area contributed by atoms with Crippen molar-refractivity contribution in [3.63, 3.8) is 0 Å². The fourth-order valence-electron chi connectivity index (χ4n) is 1.99. The number of hydrogen-bond acceptors (Lipinski definition) is 4. The summed E-state index contributed by atoms with van der Waals surface area (Å²) < 4.78 is 15.2. The molecule has 3 aromatic heterocycles. The van der Waals surface area contributed by atoms with Crippen molar-refractivity contribution < 1.29 is 14.3 Å². The van der Waals surface area contributed by atoms with Gasteiger partial charge in [-0.3, -0.25) is 0 Å². The van der Waals surface area contributed by atoms with Crippen molar-refractivity contribution in [3.8, 4) is 11.3 Å². The lowest BCUT2D eigenvalue weighted by atomic mass is 10.1. The van der Waals surface area contributed by atoms with E-state index in [1.54, 1.807) is 19.2 Å². The SMILES string of the molecule is Cc1cnc(F)c(-c2nn3cccnc3c2C(=O)O)c1. The molecule has 1 N–H and O–H groups in total. The average molecular weight is 272 g/mol. The lowest BCUT2D eigenvalue weighted by Gasteiger charge is -2.01. The molecule has 0 atom stereocenters. The number of rotatable bonds is 2. The van der Waals surface area contributed by atoms with Gasteiger partial charge >= 0.3 is 5.97 Å². The van der Waals surface area contributed by atoms with Crippen LogP contribution in [0, 0.1) is 12.9 Å². The molecule has 6 nitrogen and oxygen atoms in total. The van der Waals surface area contributed by atoms with Crippen LogP contribution in [0.15, 0.2) is 30.7 Å². The van der Waals surface area contributed by atoms with E-state index in [1.165, 1.54) is 23.0 Å². The molecular formula is C13H9FN4O2. The van der Waals surface area contributed by atoms with Crippen molar-refractivity contribution in [1.29, 1.82) is 0 Å². The fourth-order valence-corrected chi connectivity index (χ4v) is 1.99. The summed E-state index contributed by atoms with van der Waals surface area (Å²) in [6, 6.07) is 3.12. The molecule has 3 heterocycles. The van der Waals surface area contributed by atoms with E-state index in [-0.39, 0.29) is 22.5 Å². The van der Waals surface area contributed by atoms with Crippen LogP contribution in [0.2, 0.25) is 0 Å². The van der Waals surface area contributed by atoms with Gasteiger partial charge in [0.1, 0.15) is 11.3 Å². The zero-order chi connectivity index (χ0) is 14.3. The maximum Gasteiger partial charge on any atom is 0.341 e. The van der Waals surface area contributed by atoms with Crippen LogP contribution < -0.4 is 0 Å². The number of pyridine rings is 1. The van der Waals surface area contributed by atoms with Gasteiger partial charge in [0, 0.05) is 18.6 Å². The fraction of sp³-hybridized carbons (Fsp3) is 0.0769. The summed E-state index contributed by atoms with van der Waals surface area (Å²) >= 11 is 0. The number of nitrogens with zero attached hydrogens (tertiary/aromatic N) is 4. The maximum absolute atomic E-state index is 13.9. The van der Waals surface area contributed by atoms with E-state index in [0.717, 1.165) is 0 Å². The molecule has 7 heteroatoms. The molecule has 0 spiro atoms. The third kappa shape index (κ3) is 1.80. The number of aromatic carboxylic acids is 1. The smallest absolute Gasteiger partial charge is 0.341 e. The van der Waals surface area contributed by atoms with Crippen LogP contribution in [0.4, 0.5) is 4.39 Å². The molecule has 0 saturated heterocycles. The van der Waals surface area contributed by atoms with E-state index >= 15 is 0 Å². The highest BCUT2D eigenvalue weighted by molar-refractivity contribution is 6.01. The second kappa shape index (κ2) is 4.37. The Morgan fingerprint density at radius 1 is 1.40 bits per heavy atom. The summed E-state index contributed by atoms with van der Waals surface area (Å²) in [6.07, 6.45) is 4.38. The van der Waals surface area contributed by atoms with Gasteiger partial charge in [-0.25, -0.2) is 19.3 Å². The molecular weight excluding hydrogens is 263 g/mol. The Bertz CT molecular complexity index is 828. The van der Waals surface area contributed by atoms with Crippen molar-refractivity contribution >= 4 is 11.6 Å². The van der Waals surface area contributed by atoms with E-state index in [9.17, 15) is 14.3 Å². The second-order valence-electron chi connectivity index (χ2n) is 4.27. The molecule has 0 bridgehead atoms. The van der Waals surface area contributed by atoms with Gasteiger partial charge in [0.2, 0.25) is 5.95 Å². The molecule has 0 aliphatic heterocycles. The summed E-state index contributed by atoms with van der Waals surface area (Å²) in [6.45, 7) is 1.74. The lowest BCUT2D eigenvalue weighted by Crippen LogP contribution is -2.00. The van der Waals surface area contributed by atoms with Gasteiger partial charge in [-0.1, -0.05) is 0 Å². The van der Waals surface area contributed by atoms with Crippen molar-refractivity contribution in [2.45, 2.75) is 6.92 Å². The van der Waals surface area contributed by atoms with E-state index in [0.29, 0.717) is 5.56 Å². The van der Waals surface area contributed by atoms with E-state index in [1.807, 2.05) is 0 Å². The molecule has 0 unspecified atom stereocenters.